The molecule has 2 aliphatic heterocycles. The molecule has 0 atom stereocenters. The second-order valence-corrected chi connectivity index (χ2v) is 8.21. The highest BCUT2D eigenvalue weighted by Crippen LogP contribution is 2.31. The summed E-state index contributed by atoms with van der Waals surface area (Å²) in [4.78, 5) is 23.4. The molecule has 0 radical (unpaired) electrons. The van der Waals surface area contributed by atoms with Crippen molar-refractivity contribution in [3.8, 4) is 5.75 Å². The number of fused-ring (bicyclic) bond motifs is 2. The molecule has 0 aromatic heterocycles. The average molecular weight is 387 g/mol. The molecule has 2 heterocycles. The van der Waals surface area contributed by atoms with E-state index in [-0.39, 0.29) is 36.7 Å². The van der Waals surface area contributed by atoms with E-state index in [9.17, 15) is 18.0 Å². The van der Waals surface area contributed by atoms with Crippen LogP contribution in [0, 0.1) is 0 Å². The highest BCUT2D eigenvalue weighted by atomic mass is 32.2. The maximum atomic E-state index is 13.1. The number of hydrogen-bond donors (Lipinski definition) is 2. The van der Waals surface area contributed by atoms with Crippen LogP contribution in [0.1, 0.15) is 12.0 Å². The molecule has 2 amide bonds. The molecule has 9 heteroatoms. The van der Waals surface area contributed by atoms with Crippen molar-refractivity contribution in [2.24, 2.45) is 0 Å². The Morgan fingerprint density at radius 1 is 0.963 bits per heavy atom. The molecule has 2 aliphatic rings. The summed E-state index contributed by atoms with van der Waals surface area (Å²) in [6, 6.07) is 11.6. The van der Waals surface area contributed by atoms with E-state index in [1.54, 1.807) is 0 Å². The molecule has 0 fully saturated rings. The van der Waals surface area contributed by atoms with Crippen LogP contribution in [0.15, 0.2) is 47.4 Å². The molecule has 140 valence electrons. The van der Waals surface area contributed by atoms with Gasteiger partial charge in [-0.3, -0.25) is 9.59 Å². The van der Waals surface area contributed by atoms with Crippen molar-refractivity contribution in [1.82, 2.24) is 4.31 Å². The number of carbonyl (C=O) groups excluding carboxylic acids is 2. The molecule has 8 nitrogen and oxygen atoms in total. The summed E-state index contributed by atoms with van der Waals surface area (Å²) in [6.45, 7) is 0.643. The minimum Gasteiger partial charge on any atom is -0.492 e. The minimum atomic E-state index is -3.82. The van der Waals surface area contributed by atoms with Crippen LogP contribution < -0.4 is 15.4 Å². The molecule has 0 aliphatic carbocycles. The standard InChI is InChI=1S/C18H17N3O5S/c22-17-10-18(23)20-15-9-13(5-6-14(15)19-17)27(24,25)21-7-8-26-16-4-2-1-3-12(16)11-21/h1-6,9H,7-8,10-11H2,(H,19,22)(H,20,23). The van der Waals surface area contributed by atoms with Crippen LogP contribution >= 0.6 is 0 Å². The number of nitrogens with one attached hydrogen (secondary N) is 2. The lowest BCUT2D eigenvalue weighted by atomic mass is 10.2. The molecule has 0 bridgehead atoms. The van der Waals surface area contributed by atoms with Crippen molar-refractivity contribution in [2.75, 3.05) is 23.8 Å². The number of sulfonamides is 1. The maximum absolute atomic E-state index is 13.1. The summed E-state index contributed by atoms with van der Waals surface area (Å²) in [5, 5.41) is 5.15. The fraction of sp³-hybridized carbons (Fsp3) is 0.222. The van der Waals surface area contributed by atoms with Crippen molar-refractivity contribution in [2.45, 2.75) is 17.9 Å². The third-order valence-electron chi connectivity index (χ3n) is 4.42. The van der Waals surface area contributed by atoms with Gasteiger partial charge in [0.2, 0.25) is 21.8 Å². The van der Waals surface area contributed by atoms with E-state index >= 15 is 0 Å². The first-order chi connectivity index (χ1) is 12.9. The molecular formula is C18H17N3O5S. The summed E-state index contributed by atoms with van der Waals surface area (Å²) < 4.78 is 33.3. The number of anilines is 2. The summed E-state index contributed by atoms with van der Waals surface area (Å²) in [6.07, 6.45) is -0.309. The van der Waals surface area contributed by atoms with Gasteiger partial charge < -0.3 is 15.4 Å². The zero-order chi connectivity index (χ0) is 19.0. The quantitative estimate of drug-likeness (QED) is 0.761. The number of ether oxygens (including phenoxy) is 1. The zero-order valence-corrected chi connectivity index (χ0v) is 15.1. The van der Waals surface area contributed by atoms with Gasteiger partial charge in [0.05, 0.1) is 16.3 Å². The number of benzene rings is 2. The second kappa shape index (κ2) is 6.67. The van der Waals surface area contributed by atoms with Gasteiger partial charge in [-0.1, -0.05) is 18.2 Å². The van der Waals surface area contributed by atoms with Gasteiger partial charge in [-0.15, -0.1) is 0 Å². The zero-order valence-electron chi connectivity index (χ0n) is 14.3. The fourth-order valence-corrected chi connectivity index (χ4v) is 4.52. The number of amides is 2. The Labute approximate surface area is 156 Å². The van der Waals surface area contributed by atoms with Crippen LogP contribution in [0.5, 0.6) is 5.75 Å². The number of hydrogen-bond acceptors (Lipinski definition) is 5. The van der Waals surface area contributed by atoms with E-state index in [1.165, 1.54) is 22.5 Å². The Hall–Kier alpha value is -2.91. The molecule has 0 saturated heterocycles. The third-order valence-corrected chi connectivity index (χ3v) is 6.26. The first kappa shape index (κ1) is 17.5. The van der Waals surface area contributed by atoms with Gasteiger partial charge in [0.25, 0.3) is 0 Å². The number of para-hydroxylation sites is 1. The number of nitrogens with zero attached hydrogens (tertiary/aromatic N) is 1. The molecular weight excluding hydrogens is 370 g/mol. The number of rotatable bonds is 2. The summed E-state index contributed by atoms with van der Waals surface area (Å²) in [5.41, 5.74) is 1.42. The van der Waals surface area contributed by atoms with Crippen molar-refractivity contribution < 1.29 is 22.7 Å². The topological polar surface area (TPSA) is 105 Å². The molecule has 4 rings (SSSR count). The first-order valence-electron chi connectivity index (χ1n) is 8.38. The third kappa shape index (κ3) is 3.38. The summed E-state index contributed by atoms with van der Waals surface area (Å²) >= 11 is 0. The minimum absolute atomic E-state index is 0.0390. The van der Waals surface area contributed by atoms with Crippen LogP contribution in [0.4, 0.5) is 11.4 Å². The number of carbonyl (C=O) groups is 2. The van der Waals surface area contributed by atoms with Crippen LogP contribution in [0.3, 0.4) is 0 Å². The Bertz CT molecular complexity index is 1040. The lowest BCUT2D eigenvalue weighted by Crippen LogP contribution is -2.32. The van der Waals surface area contributed by atoms with Gasteiger partial charge in [0, 0.05) is 18.7 Å². The van der Waals surface area contributed by atoms with Crippen molar-refractivity contribution in [3.63, 3.8) is 0 Å². The Balaban J connectivity index is 1.68. The smallest absolute Gasteiger partial charge is 0.243 e. The van der Waals surface area contributed by atoms with Gasteiger partial charge in [-0.25, -0.2) is 8.42 Å². The first-order valence-corrected chi connectivity index (χ1v) is 9.82. The van der Waals surface area contributed by atoms with Crippen molar-refractivity contribution in [1.29, 1.82) is 0 Å². The normalized spacial score (nSPS) is 17.5. The van der Waals surface area contributed by atoms with Crippen LogP contribution in [0.2, 0.25) is 0 Å². The van der Waals surface area contributed by atoms with Crippen molar-refractivity contribution >= 4 is 33.2 Å². The highest BCUT2D eigenvalue weighted by molar-refractivity contribution is 7.89. The molecule has 2 aromatic carbocycles. The van der Waals surface area contributed by atoms with Gasteiger partial charge in [0.15, 0.2) is 0 Å². The predicted molar refractivity (Wildman–Crippen MR) is 97.9 cm³/mol. The van der Waals surface area contributed by atoms with Gasteiger partial charge in [0.1, 0.15) is 18.8 Å². The predicted octanol–water partition coefficient (Wildman–Crippen LogP) is 1.55. The van der Waals surface area contributed by atoms with E-state index < -0.39 is 21.8 Å². The van der Waals surface area contributed by atoms with Crippen LogP contribution in [-0.2, 0) is 26.2 Å². The van der Waals surface area contributed by atoms with E-state index in [2.05, 4.69) is 10.6 Å². The fourth-order valence-electron chi connectivity index (χ4n) is 3.09. The Morgan fingerprint density at radius 3 is 2.52 bits per heavy atom. The van der Waals surface area contributed by atoms with Gasteiger partial charge in [-0.05, 0) is 24.3 Å². The SMILES string of the molecule is O=C1CC(=O)Nc2cc(S(=O)(=O)N3CCOc4ccccc4C3)ccc2N1. The lowest BCUT2D eigenvalue weighted by molar-refractivity contribution is -0.123. The van der Waals surface area contributed by atoms with Crippen LogP contribution in [0.25, 0.3) is 0 Å². The highest BCUT2D eigenvalue weighted by Gasteiger charge is 2.29. The lowest BCUT2D eigenvalue weighted by Gasteiger charge is -2.20. The molecule has 0 unspecified atom stereocenters. The molecule has 2 aromatic rings. The van der Waals surface area contributed by atoms with E-state index in [0.717, 1.165) is 5.56 Å². The maximum Gasteiger partial charge on any atom is 0.243 e. The summed E-state index contributed by atoms with van der Waals surface area (Å²) in [5.74, 6) is -0.256. The van der Waals surface area contributed by atoms with E-state index in [4.69, 9.17) is 4.74 Å². The van der Waals surface area contributed by atoms with E-state index in [0.29, 0.717) is 11.4 Å². The largest absolute Gasteiger partial charge is 0.492 e. The monoisotopic (exact) mass is 387 g/mol. The average Bonchev–Trinajstić information content (AvgIpc) is 2.93. The molecule has 0 spiro atoms. The molecule has 27 heavy (non-hydrogen) atoms. The second-order valence-electron chi connectivity index (χ2n) is 6.28. The Morgan fingerprint density at radius 2 is 1.70 bits per heavy atom. The van der Waals surface area contributed by atoms with Crippen molar-refractivity contribution in [3.05, 3.63) is 48.0 Å². The Kier molecular flexibility index (Phi) is 4.33. The van der Waals surface area contributed by atoms with E-state index in [1.807, 2.05) is 24.3 Å². The molecule has 2 N–H and O–H groups in total. The van der Waals surface area contributed by atoms with Crippen LogP contribution in [-0.4, -0.2) is 37.7 Å². The van der Waals surface area contributed by atoms with Gasteiger partial charge >= 0.3 is 0 Å². The summed E-state index contributed by atoms with van der Waals surface area (Å²) in [7, 11) is -3.82. The van der Waals surface area contributed by atoms with Gasteiger partial charge in [-0.2, -0.15) is 4.31 Å². The molecule has 0 saturated carbocycles.